The summed E-state index contributed by atoms with van der Waals surface area (Å²) in [5, 5.41) is 3.01. The molecule has 0 unspecified atom stereocenters. The Balaban J connectivity index is 2.09. The fourth-order valence-electron chi connectivity index (χ4n) is 3.69. The van der Waals surface area contributed by atoms with E-state index in [1.807, 2.05) is 32.4 Å². The number of aromatic nitrogens is 2. The Morgan fingerprint density at radius 2 is 2.00 bits per heavy atom. The lowest BCUT2D eigenvalue weighted by Crippen LogP contribution is -2.52. The second-order valence-electron chi connectivity index (χ2n) is 8.77. The van der Waals surface area contributed by atoms with Gasteiger partial charge < -0.3 is 20.5 Å². The normalized spacial score (nSPS) is 15.9. The highest BCUT2D eigenvalue weighted by atomic mass is 35.5. The number of carbonyl (C=O) groups excluding carboxylic acids is 2. The predicted octanol–water partition coefficient (Wildman–Crippen LogP) is 2.81. The molecule has 1 aliphatic rings. The van der Waals surface area contributed by atoms with E-state index in [0.717, 1.165) is 13.0 Å². The number of nitrogens with two attached hydrogens (primary N) is 1. The molecule has 0 fully saturated rings. The maximum Gasteiger partial charge on any atom is 0.272 e. The second-order valence-corrected chi connectivity index (χ2v) is 9.21. The number of nitrogens with zero attached hydrogens (tertiary/aromatic N) is 3. The lowest BCUT2D eigenvalue weighted by Gasteiger charge is -2.28. The maximum atomic E-state index is 14.7. The van der Waals surface area contributed by atoms with Crippen molar-refractivity contribution in [3.63, 3.8) is 0 Å². The molecule has 0 radical (unpaired) electrons. The van der Waals surface area contributed by atoms with Gasteiger partial charge in [-0.25, -0.2) is 9.37 Å². The summed E-state index contributed by atoms with van der Waals surface area (Å²) < 4.78 is 16.5. The van der Waals surface area contributed by atoms with E-state index in [4.69, 9.17) is 17.3 Å². The van der Waals surface area contributed by atoms with Crippen LogP contribution in [0.1, 0.15) is 43.4 Å². The van der Waals surface area contributed by atoms with E-state index in [-0.39, 0.29) is 16.3 Å². The third-order valence-corrected chi connectivity index (χ3v) is 5.46. The van der Waals surface area contributed by atoms with Gasteiger partial charge in [0.05, 0.1) is 11.3 Å². The monoisotopic (exact) mass is 435 g/mol. The minimum absolute atomic E-state index is 0.170. The topological polar surface area (TPSA) is 93.2 Å². The SMILES string of the molecule is CN1CCCn2c(-c3ccc(Cl)cc3F)nc(C(=O)N[C@H](C(N)=O)C(C)(C)C)c2C1. The van der Waals surface area contributed by atoms with Gasteiger partial charge in [-0.1, -0.05) is 32.4 Å². The fraction of sp³-hybridized carbons (Fsp3) is 0.476. The molecule has 1 aliphatic heterocycles. The summed E-state index contributed by atoms with van der Waals surface area (Å²) in [5.41, 5.74) is 6.06. The first-order valence-electron chi connectivity index (χ1n) is 9.82. The molecule has 1 atom stereocenters. The molecule has 0 bridgehead atoms. The average molecular weight is 436 g/mol. The van der Waals surface area contributed by atoms with Crippen LogP contribution in [0.25, 0.3) is 11.4 Å². The smallest absolute Gasteiger partial charge is 0.272 e. The van der Waals surface area contributed by atoms with Crippen LogP contribution in [0.2, 0.25) is 5.02 Å². The molecular formula is C21H27ClFN5O2. The van der Waals surface area contributed by atoms with E-state index >= 15 is 0 Å². The Labute approximate surface area is 180 Å². The highest BCUT2D eigenvalue weighted by Gasteiger charge is 2.34. The summed E-state index contributed by atoms with van der Waals surface area (Å²) in [7, 11) is 1.95. The Kier molecular flexibility index (Phi) is 6.19. The van der Waals surface area contributed by atoms with Gasteiger partial charge in [-0.2, -0.15) is 0 Å². The summed E-state index contributed by atoms with van der Waals surface area (Å²) in [5.74, 6) is -1.27. The van der Waals surface area contributed by atoms with E-state index in [9.17, 15) is 14.0 Å². The largest absolute Gasteiger partial charge is 0.368 e. The molecule has 0 saturated heterocycles. The molecule has 2 amide bonds. The first-order valence-corrected chi connectivity index (χ1v) is 10.2. The minimum Gasteiger partial charge on any atom is -0.368 e. The molecule has 3 rings (SSSR count). The zero-order valence-electron chi connectivity index (χ0n) is 17.6. The van der Waals surface area contributed by atoms with Gasteiger partial charge in [0.15, 0.2) is 5.69 Å². The number of imidazole rings is 1. The molecule has 3 N–H and O–H groups in total. The van der Waals surface area contributed by atoms with Crippen molar-refractivity contribution < 1.29 is 14.0 Å². The van der Waals surface area contributed by atoms with Crippen molar-refractivity contribution >= 4 is 23.4 Å². The third kappa shape index (κ3) is 4.49. The lowest BCUT2D eigenvalue weighted by atomic mass is 9.86. The van der Waals surface area contributed by atoms with Crippen LogP contribution in [-0.4, -0.2) is 45.9 Å². The fourth-order valence-corrected chi connectivity index (χ4v) is 3.85. The predicted molar refractivity (Wildman–Crippen MR) is 113 cm³/mol. The third-order valence-electron chi connectivity index (χ3n) is 5.23. The lowest BCUT2D eigenvalue weighted by molar-refractivity contribution is -0.122. The molecule has 162 valence electrons. The molecule has 9 heteroatoms. The van der Waals surface area contributed by atoms with Crippen LogP contribution in [0.4, 0.5) is 4.39 Å². The van der Waals surface area contributed by atoms with Crippen LogP contribution >= 0.6 is 11.6 Å². The maximum absolute atomic E-state index is 14.7. The zero-order chi connectivity index (χ0) is 22.2. The van der Waals surface area contributed by atoms with Gasteiger partial charge in [0.25, 0.3) is 5.91 Å². The molecule has 30 heavy (non-hydrogen) atoms. The van der Waals surface area contributed by atoms with Gasteiger partial charge in [0.1, 0.15) is 17.7 Å². The van der Waals surface area contributed by atoms with Gasteiger partial charge >= 0.3 is 0 Å². The summed E-state index contributed by atoms with van der Waals surface area (Å²) in [6.45, 7) is 7.35. The summed E-state index contributed by atoms with van der Waals surface area (Å²) in [6.07, 6.45) is 0.828. The van der Waals surface area contributed by atoms with Gasteiger partial charge in [-0.15, -0.1) is 0 Å². The van der Waals surface area contributed by atoms with Crippen LogP contribution in [0.3, 0.4) is 0 Å². The van der Waals surface area contributed by atoms with Gasteiger partial charge in [0.2, 0.25) is 5.91 Å². The van der Waals surface area contributed by atoms with E-state index in [0.29, 0.717) is 24.6 Å². The highest BCUT2D eigenvalue weighted by molar-refractivity contribution is 6.30. The van der Waals surface area contributed by atoms with Gasteiger partial charge in [-0.05, 0) is 43.6 Å². The van der Waals surface area contributed by atoms with Crippen LogP contribution in [0, 0.1) is 11.2 Å². The summed E-state index contributed by atoms with van der Waals surface area (Å²) in [4.78, 5) is 31.7. The number of halogens is 2. The average Bonchev–Trinajstić information content (AvgIpc) is 2.84. The standard InChI is InChI=1S/C21H27ClFN5O2/c1-21(2,3)17(18(24)29)26-20(30)16-15-11-27(4)8-5-9-28(15)19(25-16)13-7-6-12(22)10-14(13)23/h6-7,10,17H,5,8-9,11H2,1-4H3,(H2,24,29)(H,26,30)/t17-/m1/s1. The van der Waals surface area contributed by atoms with Crippen molar-refractivity contribution in [1.82, 2.24) is 19.8 Å². The number of rotatable bonds is 4. The van der Waals surface area contributed by atoms with Crippen molar-refractivity contribution in [2.75, 3.05) is 13.6 Å². The minimum atomic E-state index is -0.874. The van der Waals surface area contributed by atoms with Gasteiger partial charge in [-0.3, -0.25) is 9.59 Å². The Hall–Kier alpha value is -2.45. The number of benzene rings is 1. The second kappa shape index (κ2) is 8.35. The number of primary amides is 1. The molecule has 0 saturated carbocycles. The molecule has 2 aromatic rings. The van der Waals surface area contributed by atoms with Crippen molar-refractivity contribution in [2.24, 2.45) is 11.1 Å². The summed E-state index contributed by atoms with van der Waals surface area (Å²) >= 11 is 5.90. The molecular weight excluding hydrogens is 409 g/mol. The molecule has 0 spiro atoms. The molecule has 2 heterocycles. The summed E-state index contributed by atoms with van der Waals surface area (Å²) in [6, 6.07) is 3.50. The van der Waals surface area contributed by atoms with Gasteiger partial charge in [0, 0.05) is 18.1 Å². The zero-order valence-corrected chi connectivity index (χ0v) is 18.4. The van der Waals surface area contributed by atoms with Crippen molar-refractivity contribution in [1.29, 1.82) is 0 Å². The molecule has 7 nitrogen and oxygen atoms in total. The number of amides is 2. The van der Waals surface area contributed by atoms with Crippen molar-refractivity contribution in [2.45, 2.75) is 46.3 Å². The van der Waals surface area contributed by atoms with Crippen LogP contribution in [0.15, 0.2) is 18.2 Å². The number of hydrogen-bond acceptors (Lipinski definition) is 4. The van der Waals surface area contributed by atoms with Crippen molar-refractivity contribution in [3.8, 4) is 11.4 Å². The quantitative estimate of drug-likeness (QED) is 0.772. The van der Waals surface area contributed by atoms with Crippen LogP contribution in [-0.2, 0) is 17.9 Å². The first kappa shape index (κ1) is 22.2. The highest BCUT2D eigenvalue weighted by Crippen LogP contribution is 2.30. The Morgan fingerprint density at radius 1 is 1.30 bits per heavy atom. The molecule has 0 aliphatic carbocycles. The molecule has 1 aromatic carbocycles. The van der Waals surface area contributed by atoms with E-state index in [1.54, 1.807) is 12.1 Å². The Bertz CT molecular complexity index is 983. The van der Waals surface area contributed by atoms with Crippen LogP contribution in [0.5, 0.6) is 0 Å². The number of hydrogen-bond donors (Lipinski definition) is 2. The first-order chi connectivity index (χ1) is 14.0. The Morgan fingerprint density at radius 3 is 2.60 bits per heavy atom. The van der Waals surface area contributed by atoms with Crippen LogP contribution < -0.4 is 11.1 Å². The number of nitrogens with one attached hydrogen (secondary N) is 1. The van der Waals surface area contributed by atoms with Crippen molar-refractivity contribution in [3.05, 3.63) is 40.4 Å². The van der Waals surface area contributed by atoms with E-state index < -0.39 is 29.1 Å². The van der Waals surface area contributed by atoms with E-state index in [1.165, 1.54) is 6.07 Å². The number of fused-ring (bicyclic) bond motifs is 1. The van der Waals surface area contributed by atoms with E-state index in [2.05, 4.69) is 15.2 Å². The number of carbonyl (C=O) groups is 2. The molecule has 1 aromatic heterocycles.